The monoisotopic (exact) mass is 438 g/mol. The molecule has 1 aliphatic rings. The van der Waals surface area contributed by atoms with E-state index in [1.165, 1.54) is 31.4 Å². The summed E-state index contributed by atoms with van der Waals surface area (Å²) >= 11 is 1.66. The van der Waals surface area contributed by atoms with Gasteiger partial charge in [0, 0.05) is 30.4 Å². The van der Waals surface area contributed by atoms with Crippen LogP contribution in [0.1, 0.15) is 56.9 Å². The number of aryl methyl sites for hydroxylation is 1. The summed E-state index contributed by atoms with van der Waals surface area (Å²) in [5.74, 6) is -1.22. The highest BCUT2D eigenvalue weighted by molar-refractivity contribution is 7.13. The highest BCUT2D eigenvalue weighted by Crippen LogP contribution is 2.26. The Balaban J connectivity index is 1.52. The third-order valence-electron chi connectivity index (χ3n) is 5.69. The lowest BCUT2D eigenvalue weighted by molar-refractivity contribution is 0.0696. The van der Waals surface area contributed by atoms with Gasteiger partial charge in [-0.25, -0.2) is 9.78 Å². The Morgan fingerprint density at radius 2 is 1.84 bits per heavy atom. The number of carbonyl (C=O) groups excluding carboxylic acids is 1. The van der Waals surface area contributed by atoms with Crippen LogP contribution >= 0.6 is 11.3 Å². The maximum atomic E-state index is 13.1. The van der Waals surface area contributed by atoms with Crippen LogP contribution in [0.15, 0.2) is 35.8 Å². The summed E-state index contributed by atoms with van der Waals surface area (Å²) in [6.07, 6.45) is 5.69. The fourth-order valence-corrected chi connectivity index (χ4v) is 4.75. The molecule has 3 heterocycles. The molecule has 2 N–H and O–H groups in total. The number of rotatable bonds is 6. The quantitative estimate of drug-likeness (QED) is 0.590. The maximum absolute atomic E-state index is 13.1. The first-order chi connectivity index (χ1) is 14.9. The van der Waals surface area contributed by atoms with E-state index in [1.54, 1.807) is 23.5 Å². The average Bonchev–Trinajstić information content (AvgIpc) is 3.33. The molecule has 8 heteroatoms. The topological polar surface area (TPSA) is 87.5 Å². The molecule has 162 valence electrons. The van der Waals surface area contributed by atoms with E-state index in [1.807, 2.05) is 24.6 Å². The SMILES string of the molecule is Cc1cn(Cc2csc(N3CCCCC3)n2)c(C(=O)Nc2ccc(C(=O)O)cc2)c1C. The molecule has 0 atom stereocenters. The zero-order chi connectivity index (χ0) is 22.0. The number of aromatic nitrogens is 2. The van der Waals surface area contributed by atoms with Gasteiger partial charge in [-0.15, -0.1) is 11.3 Å². The Morgan fingerprint density at radius 1 is 1.13 bits per heavy atom. The van der Waals surface area contributed by atoms with Crippen molar-refractivity contribution in [1.82, 2.24) is 9.55 Å². The van der Waals surface area contributed by atoms with E-state index < -0.39 is 5.97 Å². The van der Waals surface area contributed by atoms with Crippen LogP contribution in [0.4, 0.5) is 10.8 Å². The van der Waals surface area contributed by atoms with Gasteiger partial charge >= 0.3 is 5.97 Å². The molecule has 1 aliphatic heterocycles. The first-order valence-electron chi connectivity index (χ1n) is 10.4. The number of hydrogen-bond donors (Lipinski definition) is 2. The minimum atomic E-state index is -0.995. The predicted octanol–water partition coefficient (Wildman–Crippen LogP) is 4.55. The van der Waals surface area contributed by atoms with Crippen LogP contribution in [0.2, 0.25) is 0 Å². The van der Waals surface area contributed by atoms with Gasteiger partial charge in [0.2, 0.25) is 0 Å². The van der Waals surface area contributed by atoms with Crippen molar-refractivity contribution < 1.29 is 14.7 Å². The largest absolute Gasteiger partial charge is 0.478 e. The number of amides is 1. The Bertz CT molecular complexity index is 1090. The zero-order valence-corrected chi connectivity index (χ0v) is 18.5. The number of anilines is 2. The van der Waals surface area contributed by atoms with Crippen molar-refractivity contribution in [2.24, 2.45) is 0 Å². The molecule has 7 nitrogen and oxygen atoms in total. The molecule has 1 aromatic carbocycles. The number of piperidine rings is 1. The van der Waals surface area contributed by atoms with Crippen molar-refractivity contribution in [2.75, 3.05) is 23.3 Å². The van der Waals surface area contributed by atoms with Crippen LogP contribution in [0, 0.1) is 13.8 Å². The molecule has 0 spiro atoms. The standard InChI is InChI=1S/C23H26N4O3S/c1-15-12-27(13-19-14-31-23(25-19)26-10-4-3-5-11-26)20(16(15)2)21(28)24-18-8-6-17(7-9-18)22(29)30/h6-9,12,14H,3-5,10-11,13H2,1-2H3,(H,24,28)(H,29,30). The number of carbonyl (C=O) groups is 2. The molecule has 0 bridgehead atoms. The fraction of sp³-hybridized carbons (Fsp3) is 0.348. The maximum Gasteiger partial charge on any atom is 0.335 e. The number of nitrogens with one attached hydrogen (secondary N) is 1. The van der Waals surface area contributed by atoms with Gasteiger partial charge in [0.25, 0.3) is 5.91 Å². The average molecular weight is 439 g/mol. The van der Waals surface area contributed by atoms with Crippen molar-refractivity contribution in [1.29, 1.82) is 0 Å². The number of thiazole rings is 1. The molecule has 3 aromatic rings. The summed E-state index contributed by atoms with van der Waals surface area (Å²) in [7, 11) is 0. The van der Waals surface area contributed by atoms with E-state index in [9.17, 15) is 9.59 Å². The van der Waals surface area contributed by atoms with E-state index in [4.69, 9.17) is 10.1 Å². The van der Waals surface area contributed by atoms with Gasteiger partial charge < -0.3 is 19.9 Å². The Labute approximate surface area is 185 Å². The van der Waals surface area contributed by atoms with Crippen molar-refractivity contribution >= 4 is 34.0 Å². The highest BCUT2D eigenvalue weighted by atomic mass is 32.1. The lowest BCUT2D eigenvalue weighted by Crippen LogP contribution is -2.29. The van der Waals surface area contributed by atoms with E-state index >= 15 is 0 Å². The fourth-order valence-electron chi connectivity index (χ4n) is 3.88. The number of hydrogen-bond acceptors (Lipinski definition) is 5. The minimum Gasteiger partial charge on any atom is -0.478 e. The van der Waals surface area contributed by atoms with Crippen molar-refractivity contribution in [3.8, 4) is 0 Å². The van der Waals surface area contributed by atoms with Crippen molar-refractivity contribution in [3.63, 3.8) is 0 Å². The summed E-state index contributed by atoms with van der Waals surface area (Å²) in [6.45, 7) is 6.57. The predicted molar refractivity (Wildman–Crippen MR) is 123 cm³/mol. The van der Waals surface area contributed by atoms with Crippen LogP contribution in [0.25, 0.3) is 0 Å². The van der Waals surface area contributed by atoms with Gasteiger partial charge in [-0.1, -0.05) is 0 Å². The third kappa shape index (κ3) is 4.64. The van der Waals surface area contributed by atoms with Crippen LogP contribution in [0.5, 0.6) is 0 Å². The van der Waals surface area contributed by atoms with Gasteiger partial charge in [-0.3, -0.25) is 4.79 Å². The first kappa shape index (κ1) is 21.1. The van der Waals surface area contributed by atoms with E-state index in [-0.39, 0.29) is 11.5 Å². The van der Waals surface area contributed by atoms with Crippen molar-refractivity contribution in [3.05, 3.63) is 63.9 Å². The molecule has 0 saturated carbocycles. The van der Waals surface area contributed by atoms with Gasteiger partial charge in [-0.2, -0.15) is 0 Å². The normalized spacial score (nSPS) is 13.9. The molecule has 1 amide bonds. The van der Waals surface area contributed by atoms with Gasteiger partial charge in [0.05, 0.1) is 17.8 Å². The van der Waals surface area contributed by atoms with Crippen LogP contribution in [-0.2, 0) is 6.54 Å². The third-order valence-corrected chi connectivity index (χ3v) is 6.64. The summed E-state index contributed by atoms with van der Waals surface area (Å²) in [6, 6.07) is 6.16. The molecular weight excluding hydrogens is 412 g/mol. The number of nitrogens with zero attached hydrogens (tertiary/aromatic N) is 3. The minimum absolute atomic E-state index is 0.182. The number of benzene rings is 1. The molecule has 31 heavy (non-hydrogen) atoms. The molecule has 4 rings (SSSR count). The smallest absolute Gasteiger partial charge is 0.335 e. The van der Waals surface area contributed by atoms with Gasteiger partial charge in [0.1, 0.15) is 5.69 Å². The van der Waals surface area contributed by atoms with Crippen LogP contribution in [-0.4, -0.2) is 39.6 Å². The molecule has 0 aliphatic carbocycles. The van der Waals surface area contributed by atoms with E-state index in [2.05, 4.69) is 15.6 Å². The molecule has 2 aromatic heterocycles. The molecule has 1 fully saturated rings. The summed E-state index contributed by atoms with van der Waals surface area (Å²) in [5, 5.41) is 15.0. The zero-order valence-electron chi connectivity index (χ0n) is 17.7. The molecule has 0 unspecified atom stereocenters. The number of carboxylic acid groups (broad SMARTS) is 1. The second kappa shape index (κ2) is 8.93. The van der Waals surface area contributed by atoms with E-state index in [0.717, 1.165) is 35.0 Å². The Hall–Kier alpha value is -3.13. The van der Waals surface area contributed by atoms with Gasteiger partial charge in [-0.05, 0) is 68.5 Å². The molecule has 0 radical (unpaired) electrons. The summed E-state index contributed by atoms with van der Waals surface area (Å²) in [5.41, 5.74) is 4.24. The molecule has 1 saturated heterocycles. The van der Waals surface area contributed by atoms with Crippen LogP contribution < -0.4 is 10.2 Å². The number of aromatic carboxylic acids is 1. The Morgan fingerprint density at radius 3 is 2.52 bits per heavy atom. The summed E-state index contributed by atoms with van der Waals surface area (Å²) in [4.78, 5) is 31.2. The Kier molecular flexibility index (Phi) is 6.08. The second-order valence-corrected chi connectivity index (χ2v) is 8.76. The molecular formula is C23H26N4O3S. The highest BCUT2D eigenvalue weighted by Gasteiger charge is 2.20. The lowest BCUT2D eigenvalue weighted by atomic mass is 10.1. The van der Waals surface area contributed by atoms with Crippen molar-refractivity contribution in [2.45, 2.75) is 39.7 Å². The lowest BCUT2D eigenvalue weighted by Gasteiger charge is -2.25. The second-order valence-electron chi connectivity index (χ2n) is 7.92. The summed E-state index contributed by atoms with van der Waals surface area (Å²) < 4.78 is 1.95. The van der Waals surface area contributed by atoms with Gasteiger partial charge in [0.15, 0.2) is 5.13 Å². The number of carboxylic acids is 1. The van der Waals surface area contributed by atoms with E-state index in [0.29, 0.717) is 17.9 Å². The van der Waals surface area contributed by atoms with Crippen LogP contribution in [0.3, 0.4) is 0 Å². The first-order valence-corrected chi connectivity index (χ1v) is 11.3.